The minimum atomic E-state index is 0.123. The third kappa shape index (κ3) is 3.41. The van der Waals surface area contributed by atoms with Crippen molar-refractivity contribution in [1.82, 2.24) is 0 Å². The Labute approximate surface area is 138 Å². The SMILES string of the molecule is CC(N)Cc1ccc(-c2c(Cl)cc(Cl)c(Cl)c2Cl)cc1. The first-order chi connectivity index (χ1) is 9.40. The van der Waals surface area contributed by atoms with E-state index in [1.54, 1.807) is 6.07 Å². The number of benzene rings is 2. The highest BCUT2D eigenvalue weighted by atomic mass is 35.5. The Morgan fingerprint density at radius 2 is 1.55 bits per heavy atom. The van der Waals surface area contributed by atoms with Crippen LogP contribution < -0.4 is 5.73 Å². The third-order valence-electron chi connectivity index (χ3n) is 2.91. The second kappa shape index (κ2) is 6.55. The average Bonchev–Trinajstić information content (AvgIpc) is 2.37. The Kier molecular flexibility index (Phi) is 5.22. The lowest BCUT2D eigenvalue weighted by Crippen LogP contribution is -2.17. The van der Waals surface area contributed by atoms with E-state index < -0.39 is 0 Å². The van der Waals surface area contributed by atoms with Crippen molar-refractivity contribution < 1.29 is 0 Å². The number of hydrogen-bond acceptors (Lipinski definition) is 1. The van der Waals surface area contributed by atoms with E-state index in [9.17, 15) is 0 Å². The molecule has 0 heterocycles. The van der Waals surface area contributed by atoms with Crippen LogP contribution in [0.4, 0.5) is 0 Å². The van der Waals surface area contributed by atoms with Crippen molar-refractivity contribution in [2.45, 2.75) is 19.4 Å². The summed E-state index contributed by atoms with van der Waals surface area (Å²) in [7, 11) is 0. The van der Waals surface area contributed by atoms with Gasteiger partial charge in [-0.1, -0.05) is 70.7 Å². The molecule has 2 aromatic rings. The molecule has 20 heavy (non-hydrogen) atoms. The highest BCUT2D eigenvalue weighted by Gasteiger charge is 2.15. The molecule has 1 atom stereocenters. The van der Waals surface area contributed by atoms with Gasteiger partial charge >= 0.3 is 0 Å². The number of hydrogen-bond donors (Lipinski definition) is 1. The van der Waals surface area contributed by atoms with E-state index in [4.69, 9.17) is 52.1 Å². The van der Waals surface area contributed by atoms with E-state index in [0.29, 0.717) is 25.7 Å². The summed E-state index contributed by atoms with van der Waals surface area (Å²) in [6.45, 7) is 1.97. The molecule has 0 aliphatic rings. The van der Waals surface area contributed by atoms with E-state index in [1.807, 2.05) is 31.2 Å². The summed E-state index contributed by atoms with van der Waals surface area (Å²) in [4.78, 5) is 0. The molecule has 0 spiro atoms. The zero-order chi connectivity index (χ0) is 14.9. The first kappa shape index (κ1) is 15.9. The van der Waals surface area contributed by atoms with Gasteiger partial charge in [-0.3, -0.25) is 0 Å². The molecule has 106 valence electrons. The van der Waals surface area contributed by atoms with Crippen molar-refractivity contribution in [2.75, 3.05) is 0 Å². The summed E-state index contributed by atoms with van der Waals surface area (Å²) in [6, 6.07) is 9.65. The van der Waals surface area contributed by atoms with Crippen molar-refractivity contribution in [3.8, 4) is 11.1 Å². The van der Waals surface area contributed by atoms with Crippen LogP contribution in [0.15, 0.2) is 30.3 Å². The molecule has 0 bridgehead atoms. The number of rotatable bonds is 3. The molecule has 0 aromatic heterocycles. The molecule has 0 saturated carbocycles. The lowest BCUT2D eigenvalue weighted by Gasteiger charge is -2.11. The number of halogens is 4. The Bertz CT molecular complexity index is 621. The smallest absolute Gasteiger partial charge is 0.0785 e. The summed E-state index contributed by atoms with van der Waals surface area (Å²) < 4.78 is 0. The van der Waals surface area contributed by atoms with E-state index in [2.05, 4.69) is 0 Å². The summed E-state index contributed by atoms with van der Waals surface area (Å²) in [5.74, 6) is 0. The van der Waals surface area contributed by atoms with E-state index in [-0.39, 0.29) is 6.04 Å². The van der Waals surface area contributed by atoms with Crippen LogP contribution in [-0.2, 0) is 6.42 Å². The van der Waals surface area contributed by atoms with E-state index in [0.717, 1.165) is 17.5 Å². The fourth-order valence-corrected chi connectivity index (χ4v) is 3.14. The largest absolute Gasteiger partial charge is 0.328 e. The highest BCUT2D eigenvalue weighted by Crippen LogP contribution is 2.42. The summed E-state index contributed by atoms with van der Waals surface area (Å²) >= 11 is 24.5. The molecular formula is C15H13Cl4N. The van der Waals surface area contributed by atoms with Crippen molar-refractivity contribution in [3.05, 3.63) is 56.0 Å². The molecule has 5 heteroatoms. The molecule has 1 unspecified atom stereocenters. The standard InChI is InChI=1S/C15H13Cl4N/c1-8(20)6-9-2-4-10(5-3-9)13-11(16)7-12(17)14(18)15(13)19/h2-5,7-8H,6,20H2,1H3. The zero-order valence-corrected chi connectivity index (χ0v) is 13.8. The van der Waals surface area contributed by atoms with Crippen molar-refractivity contribution in [3.63, 3.8) is 0 Å². The Morgan fingerprint density at radius 3 is 2.10 bits per heavy atom. The summed E-state index contributed by atoms with van der Waals surface area (Å²) in [6.07, 6.45) is 0.823. The molecule has 2 rings (SSSR count). The van der Waals surface area contributed by atoms with Crippen LogP contribution in [0.5, 0.6) is 0 Å². The zero-order valence-electron chi connectivity index (χ0n) is 10.8. The van der Waals surface area contributed by atoms with E-state index >= 15 is 0 Å². The predicted molar refractivity (Wildman–Crippen MR) is 89.3 cm³/mol. The fourth-order valence-electron chi connectivity index (χ4n) is 2.01. The summed E-state index contributed by atoms with van der Waals surface area (Å²) in [5, 5.41) is 1.50. The van der Waals surface area contributed by atoms with Gasteiger partial charge in [0.2, 0.25) is 0 Å². The van der Waals surface area contributed by atoms with Gasteiger partial charge in [0, 0.05) is 11.6 Å². The van der Waals surface area contributed by atoms with Crippen molar-refractivity contribution in [2.24, 2.45) is 5.73 Å². The maximum Gasteiger partial charge on any atom is 0.0785 e. The topological polar surface area (TPSA) is 26.0 Å². The maximum absolute atomic E-state index is 6.24. The van der Waals surface area contributed by atoms with Crippen LogP contribution in [0.1, 0.15) is 12.5 Å². The predicted octanol–water partition coefficient (Wildman–Crippen LogP) is 5.86. The lowest BCUT2D eigenvalue weighted by molar-refractivity contribution is 0.738. The van der Waals surface area contributed by atoms with E-state index in [1.165, 1.54) is 0 Å². The summed E-state index contributed by atoms with van der Waals surface area (Å²) in [5.41, 5.74) is 8.53. The molecule has 2 N–H and O–H groups in total. The van der Waals surface area contributed by atoms with Gasteiger partial charge in [-0.2, -0.15) is 0 Å². The second-order valence-electron chi connectivity index (χ2n) is 4.72. The fraction of sp³-hybridized carbons (Fsp3) is 0.200. The minimum absolute atomic E-state index is 0.123. The molecule has 0 amide bonds. The quantitative estimate of drug-likeness (QED) is 0.545. The molecule has 1 nitrogen and oxygen atoms in total. The van der Waals surface area contributed by atoms with Gasteiger partial charge < -0.3 is 5.73 Å². The molecule has 0 aliphatic heterocycles. The van der Waals surface area contributed by atoms with Crippen LogP contribution >= 0.6 is 46.4 Å². The average molecular weight is 349 g/mol. The Hall–Kier alpha value is -0.440. The van der Waals surface area contributed by atoms with Gasteiger partial charge in [0.15, 0.2) is 0 Å². The van der Waals surface area contributed by atoms with Crippen LogP contribution in [0.25, 0.3) is 11.1 Å². The van der Waals surface area contributed by atoms with Crippen LogP contribution in [-0.4, -0.2) is 6.04 Å². The lowest BCUT2D eigenvalue weighted by atomic mass is 10.0. The molecule has 0 aliphatic carbocycles. The van der Waals surface area contributed by atoms with Gasteiger partial charge in [0.25, 0.3) is 0 Å². The molecule has 0 saturated heterocycles. The molecule has 0 fully saturated rings. The normalized spacial score (nSPS) is 12.5. The number of nitrogens with two attached hydrogens (primary N) is 1. The first-order valence-corrected chi connectivity index (χ1v) is 7.59. The monoisotopic (exact) mass is 347 g/mol. The Balaban J connectivity index is 2.44. The van der Waals surface area contributed by atoms with Crippen LogP contribution in [0.3, 0.4) is 0 Å². The first-order valence-electron chi connectivity index (χ1n) is 6.08. The van der Waals surface area contributed by atoms with Gasteiger partial charge in [-0.25, -0.2) is 0 Å². The van der Waals surface area contributed by atoms with Crippen LogP contribution in [0, 0.1) is 0 Å². The third-order valence-corrected chi connectivity index (χ3v) is 4.47. The van der Waals surface area contributed by atoms with Gasteiger partial charge in [0.1, 0.15) is 0 Å². The highest BCUT2D eigenvalue weighted by molar-refractivity contribution is 6.51. The van der Waals surface area contributed by atoms with Gasteiger partial charge in [-0.05, 0) is 30.5 Å². The maximum atomic E-state index is 6.24. The second-order valence-corrected chi connectivity index (χ2v) is 6.29. The van der Waals surface area contributed by atoms with Crippen molar-refractivity contribution >= 4 is 46.4 Å². The molecule has 0 radical (unpaired) electrons. The van der Waals surface area contributed by atoms with Crippen molar-refractivity contribution in [1.29, 1.82) is 0 Å². The van der Waals surface area contributed by atoms with Gasteiger partial charge in [0.05, 0.1) is 20.1 Å². The Morgan fingerprint density at radius 1 is 0.950 bits per heavy atom. The molecule has 2 aromatic carbocycles. The molecular weight excluding hydrogens is 336 g/mol. The van der Waals surface area contributed by atoms with Crippen LogP contribution in [0.2, 0.25) is 20.1 Å². The minimum Gasteiger partial charge on any atom is -0.328 e. The van der Waals surface area contributed by atoms with Gasteiger partial charge in [-0.15, -0.1) is 0 Å².